The van der Waals surface area contributed by atoms with Gasteiger partial charge in [0.25, 0.3) is 0 Å². The zero-order valence-corrected chi connectivity index (χ0v) is 17.8. The summed E-state index contributed by atoms with van der Waals surface area (Å²) >= 11 is 0. The molecule has 1 N–H and O–H groups in total. The second-order valence-electron chi connectivity index (χ2n) is 8.58. The van der Waals surface area contributed by atoms with E-state index in [0.29, 0.717) is 13.0 Å². The summed E-state index contributed by atoms with van der Waals surface area (Å²) in [4.78, 5) is 18.7. The van der Waals surface area contributed by atoms with E-state index in [4.69, 9.17) is 0 Å². The highest BCUT2D eigenvalue weighted by Gasteiger charge is 2.35. The second kappa shape index (κ2) is 7.69. The lowest BCUT2D eigenvalue weighted by Crippen LogP contribution is -2.27. The Morgan fingerprint density at radius 2 is 1.56 bits per heavy atom. The molecule has 0 radical (unpaired) electrons. The highest BCUT2D eigenvalue weighted by molar-refractivity contribution is 5.95. The number of para-hydroxylation sites is 1. The number of fused-ring (bicyclic) bond motifs is 2. The first kappa shape index (κ1) is 18.9. The van der Waals surface area contributed by atoms with Crippen LogP contribution in [-0.2, 0) is 11.3 Å². The normalized spacial score (nSPS) is 16.3. The van der Waals surface area contributed by atoms with E-state index in [2.05, 4.69) is 88.7 Å². The van der Waals surface area contributed by atoms with E-state index >= 15 is 0 Å². The number of hydrogen-bond acceptors (Lipinski definition) is 1. The Labute approximate surface area is 187 Å². The average Bonchev–Trinajstić information content (AvgIpc) is 3.39. The van der Waals surface area contributed by atoms with Gasteiger partial charge in [-0.2, -0.15) is 0 Å². The van der Waals surface area contributed by atoms with Crippen molar-refractivity contribution in [3.05, 3.63) is 108 Å². The van der Waals surface area contributed by atoms with Gasteiger partial charge in [-0.05, 0) is 40.5 Å². The molecule has 0 unspecified atom stereocenters. The number of carbonyl (C=O) groups excluding carboxylic acids is 1. The van der Waals surface area contributed by atoms with Crippen molar-refractivity contribution in [2.24, 2.45) is 0 Å². The molecule has 3 nitrogen and oxygen atoms in total. The van der Waals surface area contributed by atoms with Gasteiger partial charge in [-0.3, -0.25) is 4.79 Å². The molecule has 1 saturated heterocycles. The molecule has 2 heterocycles. The van der Waals surface area contributed by atoms with Crippen molar-refractivity contribution in [2.45, 2.75) is 25.4 Å². The number of hydrogen-bond donors (Lipinski definition) is 1. The summed E-state index contributed by atoms with van der Waals surface area (Å²) in [5.74, 6) is 0.230. The Morgan fingerprint density at radius 1 is 0.812 bits per heavy atom. The minimum absolute atomic E-state index is 0.0559. The van der Waals surface area contributed by atoms with Crippen LogP contribution in [0.3, 0.4) is 0 Å². The van der Waals surface area contributed by atoms with Crippen molar-refractivity contribution >= 4 is 27.6 Å². The maximum Gasteiger partial charge on any atom is 0.223 e. The van der Waals surface area contributed by atoms with E-state index in [1.54, 1.807) is 0 Å². The molecule has 1 atom stereocenters. The minimum atomic E-state index is 0.0559. The molecule has 0 bridgehead atoms. The van der Waals surface area contributed by atoms with Crippen LogP contribution in [0.25, 0.3) is 32.9 Å². The number of aromatic amines is 1. The monoisotopic (exact) mass is 416 g/mol. The van der Waals surface area contributed by atoms with Gasteiger partial charge in [0.05, 0.1) is 11.7 Å². The smallest absolute Gasteiger partial charge is 0.223 e. The standard InChI is InChI=1S/C29H24N2O/c32-27-17-16-26(31(27)19-20-8-2-1-3-9-20)28-24-12-6-7-13-25(24)30-29(28)23-15-14-21-10-4-5-11-22(21)18-23/h1-15,18,26,30H,16-17,19H2/t26-/m1/s1. The van der Waals surface area contributed by atoms with Crippen LogP contribution in [0.5, 0.6) is 0 Å². The summed E-state index contributed by atoms with van der Waals surface area (Å²) in [5, 5.41) is 3.65. The van der Waals surface area contributed by atoms with Crippen molar-refractivity contribution in [1.29, 1.82) is 0 Å². The molecule has 0 aliphatic carbocycles. The fraction of sp³-hybridized carbons (Fsp3) is 0.138. The molecule has 3 heteroatoms. The summed E-state index contributed by atoms with van der Waals surface area (Å²) in [5.41, 5.74) is 5.80. The number of likely N-dealkylation sites (tertiary alicyclic amines) is 1. The Morgan fingerprint density at radius 3 is 2.44 bits per heavy atom. The molecule has 1 amide bonds. The van der Waals surface area contributed by atoms with Crippen LogP contribution in [0.4, 0.5) is 0 Å². The van der Waals surface area contributed by atoms with Gasteiger partial charge in [0, 0.05) is 29.4 Å². The van der Waals surface area contributed by atoms with Crippen LogP contribution >= 0.6 is 0 Å². The third-order valence-electron chi connectivity index (χ3n) is 6.64. The first-order valence-corrected chi connectivity index (χ1v) is 11.2. The van der Waals surface area contributed by atoms with E-state index in [9.17, 15) is 4.79 Å². The molecular formula is C29H24N2O. The molecule has 1 aliphatic heterocycles. The Kier molecular flexibility index (Phi) is 4.53. The lowest BCUT2D eigenvalue weighted by atomic mass is 9.95. The molecule has 0 saturated carbocycles. The fourth-order valence-corrected chi connectivity index (χ4v) is 5.09. The third-order valence-corrected chi connectivity index (χ3v) is 6.64. The van der Waals surface area contributed by atoms with Crippen LogP contribution in [-0.4, -0.2) is 15.8 Å². The van der Waals surface area contributed by atoms with Crippen molar-refractivity contribution in [3.63, 3.8) is 0 Å². The summed E-state index contributed by atoms with van der Waals surface area (Å²) < 4.78 is 0. The minimum Gasteiger partial charge on any atom is -0.354 e. The number of carbonyl (C=O) groups is 1. The SMILES string of the molecule is O=C1CC[C@H](c2c(-c3ccc4ccccc4c3)[nH]c3ccccc23)N1Cc1ccccc1. The lowest BCUT2D eigenvalue weighted by Gasteiger charge is -2.26. The summed E-state index contributed by atoms with van der Waals surface area (Å²) in [6.45, 7) is 0.640. The predicted octanol–water partition coefficient (Wildman–Crippen LogP) is 6.85. The molecule has 1 aliphatic rings. The number of aromatic nitrogens is 1. The Bertz CT molecular complexity index is 1430. The van der Waals surface area contributed by atoms with E-state index in [0.717, 1.165) is 23.2 Å². The number of H-pyrrole nitrogens is 1. The quantitative estimate of drug-likeness (QED) is 0.342. The topological polar surface area (TPSA) is 36.1 Å². The summed E-state index contributed by atoms with van der Waals surface area (Å²) in [7, 11) is 0. The number of nitrogens with one attached hydrogen (secondary N) is 1. The van der Waals surface area contributed by atoms with Crippen LogP contribution in [0.1, 0.15) is 30.0 Å². The zero-order chi connectivity index (χ0) is 21.5. The summed E-state index contributed by atoms with van der Waals surface area (Å²) in [6.07, 6.45) is 1.43. The molecular weight excluding hydrogens is 392 g/mol. The van der Waals surface area contributed by atoms with Crippen molar-refractivity contribution in [3.8, 4) is 11.3 Å². The molecule has 32 heavy (non-hydrogen) atoms. The Hall–Kier alpha value is -3.85. The first-order valence-electron chi connectivity index (χ1n) is 11.2. The number of rotatable bonds is 4. The van der Waals surface area contributed by atoms with Crippen molar-refractivity contribution in [1.82, 2.24) is 9.88 Å². The van der Waals surface area contributed by atoms with Gasteiger partial charge in [0.1, 0.15) is 0 Å². The molecule has 1 aromatic heterocycles. The highest BCUT2D eigenvalue weighted by Crippen LogP contribution is 2.43. The van der Waals surface area contributed by atoms with Gasteiger partial charge in [-0.1, -0.05) is 84.9 Å². The van der Waals surface area contributed by atoms with Gasteiger partial charge in [-0.25, -0.2) is 0 Å². The van der Waals surface area contributed by atoms with Gasteiger partial charge in [0.15, 0.2) is 0 Å². The van der Waals surface area contributed by atoms with Gasteiger partial charge >= 0.3 is 0 Å². The molecule has 0 spiro atoms. The molecule has 5 aromatic rings. The van der Waals surface area contributed by atoms with E-state index in [-0.39, 0.29) is 11.9 Å². The Balaban J connectivity index is 1.51. The van der Waals surface area contributed by atoms with Crippen molar-refractivity contribution in [2.75, 3.05) is 0 Å². The van der Waals surface area contributed by atoms with Gasteiger partial charge in [-0.15, -0.1) is 0 Å². The van der Waals surface area contributed by atoms with Crippen LogP contribution in [0, 0.1) is 0 Å². The number of amides is 1. The molecule has 6 rings (SSSR count). The maximum absolute atomic E-state index is 13.0. The van der Waals surface area contributed by atoms with Crippen LogP contribution in [0.2, 0.25) is 0 Å². The van der Waals surface area contributed by atoms with Crippen LogP contribution in [0.15, 0.2) is 97.1 Å². The predicted molar refractivity (Wildman–Crippen MR) is 130 cm³/mol. The largest absolute Gasteiger partial charge is 0.354 e. The molecule has 156 valence electrons. The number of nitrogens with zero attached hydrogens (tertiary/aromatic N) is 1. The van der Waals surface area contributed by atoms with Gasteiger partial charge < -0.3 is 9.88 Å². The average molecular weight is 417 g/mol. The van der Waals surface area contributed by atoms with Crippen LogP contribution < -0.4 is 0 Å². The zero-order valence-electron chi connectivity index (χ0n) is 17.8. The molecule has 4 aromatic carbocycles. The maximum atomic E-state index is 13.0. The van der Waals surface area contributed by atoms with E-state index in [1.165, 1.54) is 27.3 Å². The lowest BCUT2D eigenvalue weighted by molar-refractivity contribution is -0.129. The van der Waals surface area contributed by atoms with E-state index < -0.39 is 0 Å². The second-order valence-corrected chi connectivity index (χ2v) is 8.58. The van der Waals surface area contributed by atoms with E-state index in [1.807, 2.05) is 18.2 Å². The first-order chi connectivity index (χ1) is 15.8. The fourth-order valence-electron chi connectivity index (χ4n) is 5.09. The third kappa shape index (κ3) is 3.18. The van der Waals surface area contributed by atoms with Gasteiger partial charge in [0.2, 0.25) is 5.91 Å². The molecule has 1 fully saturated rings. The summed E-state index contributed by atoms with van der Waals surface area (Å²) in [6, 6.07) is 33.9. The highest BCUT2D eigenvalue weighted by atomic mass is 16.2. The van der Waals surface area contributed by atoms with Crippen molar-refractivity contribution < 1.29 is 4.79 Å². The number of benzene rings is 4.